The van der Waals surface area contributed by atoms with Crippen LogP contribution in [0.1, 0.15) is 9.67 Å². The fraction of sp³-hybridized carbons (Fsp3) is 0.0625. The van der Waals surface area contributed by atoms with Crippen molar-refractivity contribution < 1.29 is 4.79 Å². The van der Waals surface area contributed by atoms with E-state index in [1.54, 1.807) is 11.3 Å². The molecule has 0 fully saturated rings. The molecule has 3 rings (SSSR count). The summed E-state index contributed by atoms with van der Waals surface area (Å²) < 4.78 is 2.09. The number of rotatable bonds is 4. The van der Waals surface area contributed by atoms with E-state index in [-0.39, 0.29) is 0 Å². The van der Waals surface area contributed by atoms with Crippen molar-refractivity contribution in [2.45, 2.75) is 4.47 Å². The molecule has 0 aliphatic heterocycles. The predicted octanol–water partition coefficient (Wildman–Crippen LogP) is 3.53. The van der Waals surface area contributed by atoms with Crippen molar-refractivity contribution >= 4 is 52.4 Å². The fourth-order valence-corrected chi connectivity index (χ4v) is 5.66. The van der Waals surface area contributed by atoms with Gasteiger partial charge in [-0.3, -0.25) is 0 Å². The monoisotopic (exact) mass is 382 g/mol. The average molecular weight is 380 g/mol. The van der Waals surface area contributed by atoms with E-state index in [9.17, 15) is 4.79 Å². The molecule has 3 aromatic rings. The number of ketones is 1. The van der Waals surface area contributed by atoms with Crippen LogP contribution in [-0.2, 0) is 0 Å². The van der Waals surface area contributed by atoms with Gasteiger partial charge in [0.15, 0.2) is 0 Å². The van der Waals surface area contributed by atoms with Crippen molar-refractivity contribution in [3.63, 3.8) is 0 Å². The first-order chi connectivity index (χ1) is 9.34. The molecule has 0 unspecified atom stereocenters. The molecule has 3 heteroatoms. The third kappa shape index (κ3) is 2.90. The van der Waals surface area contributed by atoms with Gasteiger partial charge in [-0.15, -0.1) is 0 Å². The van der Waals surface area contributed by atoms with Gasteiger partial charge in [0.25, 0.3) is 0 Å². The topological polar surface area (TPSA) is 17.1 Å². The minimum atomic E-state index is -0.460. The Hall–Kier alpha value is -1.14. The van der Waals surface area contributed by atoms with Crippen molar-refractivity contribution in [3.8, 4) is 0 Å². The zero-order chi connectivity index (χ0) is 13.1. The summed E-state index contributed by atoms with van der Waals surface area (Å²) in [5.41, 5.74) is 0. The van der Waals surface area contributed by atoms with Crippen LogP contribution in [0.15, 0.2) is 60.0 Å². The van der Waals surface area contributed by atoms with E-state index in [1.165, 1.54) is 14.4 Å². The van der Waals surface area contributed by atoms with Crippen LogP contribution >= 0.6 is 11.3 Å². The van der Waals surface area contributed by atoms with Crippen molar-refractivity contribution in [1.29, 1.82) is 0 Å². The molecule has 0 atom stereocenters. The molecule has 19 heavy (non-hydrogen) atoms. The molecule has 0 N–H and O–H groups in total. The fourth-order valence-electron chi connectivity index (χ4n) is 1.97. The summed E-state index contributed by atoms with van der Waals surface area (Å²) in [6.07, 6.45) is 0. The van der Waals surface area contributed by atoms with Crippen LogP contribution in [0, 0.1) is 0 Å². The van der Waals surface area contributed by atoms with Gasteiger partial charge < -0.3 is 0 Å². The second-order valence-corrected chi connectivity index (χ2v) is 8.02. The van der Waals surface area contributed by atoms with Gasteiger partial charge in [-0.25, -0.2) is 0 Å². The van der Waals surface area contributed by atoms with Crippen LogP contribution < -0.4 is 3.61 Å². The van der Waals surface area contributed by atoms with Crippen molar-refractivity contribution in [2.75, 3.05) is 0 Å². The van der Waals surface area contributed by atoms with Gasteiger partial charge >= 0.3 is 127 Å². The summed E-state index contributed by atoms with van der Waals surface area (Å²) in [5.74, 6) is 0.297. The number of hydrogen-bond acceptors (Lipinski definition) is 2. The molecule has 1 nitrogen and oxygen atoms in total. The van der Waals surface area contributed by atoms with Gasteiger partial charge in [-0.2, -0.15) is 0 Å². The summed E-state index contributed by atoms with van der Waals surface area (Å²) in [7, 11) is 0. The van der Waals surface area contributed by atoms with Gasteiger partial charge in [0.05, 0.1) is 0 Å². The predicted molar refractivity (Wildman–Crippen MR) is 82.8 cm³/mol. The number of hydrogen-bond donors (Lipinski definition) is 0. The van der Waals surface area contributed by atoms with Gasteiger partial charge in [0.1, 0.15) is 0 Å². The average Bonchev–Trinajstić information content (AvgIpc) is 2.99. The Morgan fingerprint density at radius 2 is 1.84 bits per heavy atom. The summed E-state index contributed by atoms with van der Waals surface area (Å²) in [6, 6.07) is 18.7. The molecular weight excluding hydrogens is 368 g/mol. The molecule has 0 amide bonds. The Kier molecular flexibility index (Phi) is 3.98. The first-order valence-electron chi connectivity index (χ1n) is 6.02. The number of Topliss-reactive ketones (excluding diaryl/α,β-unsaturated/α-hetero) is 1. The first kappa shape index (κ1) is 12.9. The Balaban J connectivity index is 1.81. The van der Waals surface area contributed by atoms with E-state index >= 15 is 0 Å². The van der Waals surface area contributed by atoms with E-state index in [1.807, 2.05) is 17.5 Å². The summed E-state index contributed by atoms with van der Waals surface area (Å²) in [6.45, 7) is 0. The van der Waals surface area contributed by atoms with Crippen LogP contribution in [-0.4, -0.2) is 26.7 Å². The third-order valence-electron chi connectivity index (χ3n) is 2.90. The molecule has 94 valence electrons. The van der Waals surface area contributed by atoms with E-state index < -0.39 is 20.9 Å². The summed E-state index contributed by atoms with van der Waals surface area (Å²) in [5, 5.41) is 4.55. The number of benzene rings is 2. The molecule has 0 aliphatic carbocycles. The normalized spacial score (nSPS) is 10.7. The van der Waals surface area contributed by atoms with E-state index in [4.69, 9.17) is 0 Å². The maximum absolute atomic E-state index is 12.1. The quantitative estimate of drug-likeness (QED) is 0.500. The molecule has 0 saturated heterocycles. The second kappa shape index (κ2) is 5.88. The molecule has 1 aromatic heterocycles. The maximum atomic E-state index is 12.1. The minimum absolute atomic E-state index is 0.297. The molecular formula is C16H12OSTe. The standard InChI is InChI=1S/C16H12OSTe/c17-14(15-8-4-10-18-15)11-19-16-9-3-6-12-5-1-2-7-13(12)16/h1-10H,11H2. The van der Waals surface area contributed by atoms with Crippen molar-refractivity contribution in [2.24, 2.45) is 0 Å². The van der Waals surface area contributed by atoms with Gasteiger partial charge in [-0.05, 0) is 0 Å². The van der Waals surface area contributed by atoms with Crippen molar-refractivity contribution in [3.05, 3.63) is 64.9 Å². The van der Waals surface area contributed by atoms with E-state index in [0.29, 0.717) is 10.3 Å². The van der Waals surface area contributed by atoms with Crippen LogP contribution in [0.25, 0.3) is 10.8 Å². The van der Waals surface area contributed by atoms with E-state index in [2.05, 4.69) is 42.5 Å². The second-order valence-electron chi connectivity index (χ2n) is 4.17. The van der Waals surface area contributed by atoms with Crippen LogP contribution in [0.3, 0.4) is 0 Å². The molecule has 0 spiro atoms. The van der Waals surface area contributed by atoms with E-state index in [0.717, 1.165) is 4.88 Å². The zero-order valence-corrected chi connectivity index (χ0v) is 13.4. The first-order valence-corrected chi connectivity index (χ1v) is 9.71. The van der Waals surface area contributed by atoms with Gasteiger partial charge in [0, 0.05) is 0 Å². The molecule has 0 saturated carbocycles. The van der Waals surface area contributed by atoms with Gasteiger partial charge in [-0.1, -0.05) is 0 Å². The summed E-state index contributed by atoms with van der Waals surface area (Å²) >= 11 is 1.08. The Morgan fingerprint density at radius 1 is 1.00 bits per heavy atom. The number of thiophene rings is 1. The van der Waals surface area contributed by atoms with Crippen molar-refractivity contribution in [1.82, 2.24) is 0 Å². The SMILES string of the molecule is O=C(C[Te]c1cccc2ccccc12)c1cccs1. The van der Waals surface area contributed by atoms with Crippen LogP contribution in [0.2, 0.25) is 4.47 Å². The third-order valence-corrected chi connectivity index (χ3v) is 6.88. The number of fused-ring (bicyclic) bond motifs is 1. The molecule has 0 bridgehead atoms. The molecule has 0 radical (unpaired) electrons. The number of carbonyl (C=O) groups excluding carboxylic acids is 1. The van der Waals surface area contributed by atoms with Gasteiger partial charge in [0.2, 0.25) is 0 Å². The molecule has 0 aliphatic rings. The molecule has 2 aromatic carbocycles. The number of carbonyl (C=O) groups is 1. The Morgan fingerprint density at radius 3 is 2.68 bits per heavy atom. The summed E-state index contributed by atoms with van der Waals surface area (Å²) in [4.78, 5) is 13.0. The Bertz CT molecular complexity index is 698. The zero-order valence-electron chi connectivity index (χ0n) is 10.2. The van der Waals surface area contributed by atoms with Crippen LogP contribution in [0.4, 0.5) is 0 Å². The molecule has 1 heterocycles. The van der Waals surface area contributed by atoms with Crippen LogP contribution in [0.5, 0.6) is 0 Å². The Labute approximate surface area is 126 Å².